The summed E-state index contributed by atoms with van der Waals surface area (Å²) in [4.78, 5) is 11.4. The average molecular weight is 292 g/mol. The summed E-state index contributed by atoms with van der Waals surface area (Å²) in [7, 11) is 1.56. The molecule has 0 fully saturated rings. The van der Waals surface area contributed by atoms with Gasteiger partial charge in [0.1, 0.15) is 5.75 Å². The summed E-state index contributed by atoms with van der Waals surface area (Å²) in [5.41, 5.74) is 1.30. The van der Waals surface area contributed by atoms with Crippen LogP contribution in [0, 0.1) is 0 Å². The molecule has 0 saturated carbocycles. The first-order valence-corrected chi connectivity index (χ1v) is 6.37. The van der Waals surface area contributed by atoms with Gasteiger partial charge in [0.25, 0.3) is 0 Å². The van der Waals surface area contributed by atoms with Gasteiger partial charge in [-0.05, 0) is 29.8 Å². The van der Waals surface area contributed by atoms with Gasteiger partial charge in [-0.25, -0.2) is 4.79 Å². The molecular weight excluding hydrogens is 278 g/mol. The zero-order valence-corrected chi connectivity index (χ0v) is 11.6. The van der Waals surface area contributed by atoms with Gasteiger partial charge in [-0.2, -0.15) is 0 Å². The predicted octanol–water partition coefficient (Wildman–Crippen LogP) is 3.59. The van der Waals surface area contributed by atoms with Crippen molar-refractivity contribution in [3.8, 4) is 5.75 Å². The molecule has 0 aliphatic heterocycles. The van der Waals surface area contributed by atoms with E-state index in [0.29, 0.717) is 22.0 Å². The second kappa shape index (κ2) is 6.30. The minimum atomic E-state index is -0.963. The summed E-state index contributed by atoms with van der Waals surface area (Å²) in [5, 5.41) is 12.9. The summed E-state index contributed by atoms with van der Waals surface area (Å²) >= 11 is 5.81. The molecule has 2 N–H and O–H groups in total. The smallest absolute Gasteiger partial charge is 0.330 e. The second-order valence-electron chi connectivity index (χ2n) is 4.20. The van der Waals surface area contributed by atoms with E-state index in [9.17, 15) is 9.90 Å². The Kier molecular flexibility index (Phi) is 4.48. The number of rotatable bonds is 5. The second-order valence-corrected chi connectivity index (χ2v) is 4.64. The van der Waals surface area contributed by atoms with E-state index in [1.165, 1.54) is 0 Å². The highest BCUT2D eigenvalue weighted by Crippen LogP contribution is 2.24. The lowest BCUT2D eigenvalue weighted by atomic mass is 10.1. The molecule has 0 aliphatic carbocycles. The van der Waals surface area contributed by atoms with Gasteiger partial charge in [0.15, 0.2) is 6.04 Å². The Labute approximate surface area is 122 Å². The highest BCUT2D eigenvalue weighted by molar-refractivity contribution is 6.30. The third kappa shape index (κ3) is 3.42. The van der Waals surface area contributed by atoms with E-state index < -0.39 is 12.0 Å². The van der Waals surface area contributed by atoms with E-state index >= 15 is 0 Å². The van der Waals surface area contributed by atoms with Crippen molar-refractivity contribution in [1.82, 2.24) is 0 Å². The monoisotopic (exact) mass is 291 g/mol. The van der Waals surface area contributed by atoms with Gasteiger partial charge >= 0.3 is 5.97 Å². The Morgan fingerprint density at radius 1 is 1.25 bits per heavy atom. The Morgan fingerprint density at radius 3 is 2.55 bits per heavy atom. The van der Waals surface area contributed by atoms with E-state index in [1.54, 1.807) is 55.6 Å². The van der Waals surface area contributed by atoms with Gasteiger partial charge in [0, 0.05) is 16.8 Å². The molecule has 2 aromatic rings. The Morgan fingerprint density at radius 2 is 1.95 bits per heavy atom. The molecule has 104 valence electrons. The van der Waals surface area contributed by atoms with Crippen molar-refractivity contribution in [1.29, 1.82) is 0 Å². The molecule has 5 heteroatoms. The van der Waals surface area contributed by atoms with Crippen molar-refractivity contribution in [3.05, 3.63) is 59.1 Å². The lowest BCUT2D eigenvalue weighted by Crippen LogP contribution is -2.20. The third-order valence-electron chi connectivity index (χ3n) is 2.83. The largest absolute Gasteiger partial charge is 0.497 e. The quantitative estimate of drug-likeness (QED) is 0.884. The van der Waals surface area contributed by atoms with Gasteiger partial charge in [-0.15, -0.1) is 0 Å². The Bertz CT molecular complexity index is 598. The van der Waals surface area contributed by atoms with Crippen LogP contribution in [0.5, 0.6) is 5.75 Å². The van der Waals surface area contributed by atoms with Crippen LogP contribution in [-0.2, 0) is 4.79 Å². The van der Waals surface area contributed by atoms with Crippen LogP contribution in [0.15, 0.2) is 48.5 Å². The molecule has 20 heavy (non-hydrogen) atoms. The zero-order valence-electron chi connectivity index (χ0n) is 10.8. The highest BCUT2D eigenvalue weighted by Gasteiger charge is 2.19. The fraction of sp³-hybridized carbons (Fsp3) is 0.133. The first-order chi connectivity index (χ1) is 9.60. The standard InChI is InChI=1S/C15H14ClNO3/c1-20-13-4-2-3-12(9-13)17-14(15(18)19)10-5-7-11(16)8-6-10/h2-9,14,17H,1H3,(H,18,19)/t14-/m0/s1. The molecule has 4 nitrogen and oxygen atoms in total. The molecule has 2 rings (SSSR count). The van der Waals surface area contributed by atoms with E-state index in [0.717, 1.165) is 0 Å². The average Bonchev–Trinajstić information content (AvgIpc) is 2.46. The molecule has 1 atom stereocenters. The number of ether oxygens (including phenoxy) is 1. The third-order valence-corrected chi connectivity index (χ3v) is 3.08. The fourth-order valence-electron chi connectivity index (χ4n) is 1.82. The van der Waals surface area contributed by atoms with Crippen LogP contribution in [0.4, 0.5) is 5.69 Å². The van der Waals surface area contributed by atoms with Crippen molar-refractivity contribution in [2.24, 2.45) is 0 Å². The molecule has 0 saturated heterocycles. The van der Waals surface area contributed by atoms with Crippen LogP contribution >= 0.6 is 11.6 Å². The number of aliphatic carboxylic acids is 1. The molecule has 0 unspecified atom stereocenters. The van der Waals surface area contributed by atoms with Gasteiger partial charge < -0.3 is 15.2 Å². The molecule has 0 bridgehead atoms. The van der Waals surface area contributed by atoms with E-state index in [2.05, 4.69) is 5.32 Å². The lowest BCUT2D eigenvalue weighted by Gasteiger charge is -2.16. The van der Waals surface area contributed by atoms with Gasteiger partial charge in [0.2, 0.25) is 0 Å². The lowest BCUT2D eigenvalue weighted by molar-refractivity contribution is -0.138. The van der Waals surface area contributed by atoms with Gasteiger partial charge in [-0.3, -0.25) is 0 Å². The summed E-state index contributed by atoms with van der Waals surface area (Å²) in [6.07, 6.45) is 0. The SMILES string of the molecule is COc1cccc(N[C@H](C(=O)O)c2ccc(Cl)cc2)c1. The zero-order chi connectivity index (χ0) is 14.5. The molecule has 0 aliphatic rings. The van der Waals surface area contributed by atoms with Crippen LogP contribution in [0.2, 0.25) is 5.02 Å². The molecule has 0 spiro atoms. The van der Waals surface area contributed by atoms with Gasteiger partial charge in [-0.1, -0.05) is 29.8 Å². The fourth-order valence-corrected chi connectivity index (χ4v) is 1.95. The maximum atomic E-state index is 11.4. The number of carboxylic acids is 1. The summed E-state index contributed by atoms with van der Waals surface area (Å²) in [5.74, 6) is -0.301. The maximum Gasteiger partial charge on any atom is 0.330 e. The minimum absolute atomic E-state index is 0.569. The molecule has 0 radical (unpaired) electrons. The van der Waals surface area contributed by atoms with E-state index in [1.807, 2.05) is 0 Å². The highest BCUT2D eigenvalue weighted by atomic mass is 35.5. The molecule has 0 aromatic heterocycles. The maximum absolute atomic E-state index is 11.4. The van der Waals surface area contributed by atoms with Gasteiger partial charge in [0.05, 0.1) is 7.11 Å². The van der Waals surface area contributed by atoms with Crippen molar-refractivity contribution >= 4 is 23.3 Å². The topological polar surface area (TPSA) is 58.6 Å². The predicted molar refractivity (Wildman–Crippen MR) is 78.4 cm³/mol. The van der Waals surface area contributed by atoms with E-state index in [-0.39, 0.29) is 0 Å². The van der Waals surface area contributed by atoms with Crippen LogP contribution in [0.1, 0.15) is 11.6 Å². The summed E-state index contributed by atoms with van der Waals surface area (Å²) in [6.45, 7) is 0. The number of methoxy groups -OCH3 is 1. The Balaban J connectivity index is 2.25. The van der Waals surface area contributed by atoms with Crippen molar-refractivity contribution in [2.45, 2.75) is 6.04 Å². The number of anilines is 1. The van der Waals surface area contributed by atoms with Crippen LogP contribution in [-0.4, -0.2) is 18.2 Å². The molecule has 0 heterocycles. The Hall–Kier alpha value is -2.20. The summed E-state index contributed by atoms with van der Waals surface area (Å²) in [6, 6.07) is 13.0. The molecular formula is C15H14ClNO3. The van der Waals surface area contributed by atoms with Crippen LogP contribution < -0.4 is 10.1 Å². The number of carboxylic acid groups (broad SMARTS) is 1. The first kappa shape index (κ1) is 14.2. The molecule has 2 aromatic carbocycles. The minimum Gasteiger partial charge on any atom is -0.497 e. The van der Waals surface area contributed by atoms with Crippen LogP contribution in [0.3, 0.4) is 0 Å². The number of nitrogens with one attached hydrogen (secondary N) is 1. The van der Waals surface area contributed by atoms with Crippen LogP contribution in [0.25, 0.3) is 0 Å². The summed E-state index contributed by atoms with van der Waals surface area (Å²) < 4.78 is 5.11. The normalized spacial score (nSPS) is 11.7. The number of hydrogen-bond donors (Lipinski definition) is 2. The first-order valence-electron chi connectivity index (χ1n) is 5.99. The van der Waals surface area contributed by atoms with Crippen molar-refractivity contribution < 1.29 is 14.6 Å². The van der Waals surface area contributed by atoms with E-state index in [4.69, 9.17) is 16.3 Å². The number of hydrogen-bond acceptors (Lipinski definition) is 3. The number of halogens is 1. The number of benzene rings is 2. The number of carbonyl (C=O) groups is 1. The van der Waals surface area contributed by atoms with Crippen molar-refractivity contribution in [2.75, 3.05) is 12.4 Å². The molecule has 0 amide bonds. The van der Waals surface area contributed by atoms with Crippen molar-refractivity contribution in [3.63, 3.8) is 0 Å².